The lowest BCUT2D eigenvalue weighted by atomic mass is 10.1. The van der Waals surface area contributed by atoms with Crippen molar-refractivity contribution in [2.24, 2.45) is 0 Å². The summed E-state index contributed by atoms with van der Waals surface area (Å²) in [5, 5.41) is 0. The Kier molecular flexibility index (Phi) is 4.29. The van der Waals surface area contributed by atoms with Gasteiger partial charge in [0.25, 0.3) is 10.1 Å². The van der Waals surface area contributed by atoms with Crippen molar-refractivity contribution in [2.75, 3.05) is 7.11 Å². The van der Waals surface area contributed by atoms with Crippen LogP contribution in [0.2, 0.25) is 0 Å². The van der Waals surface area contributed by atoms with Crippen molar-refractivity contribution in [3.05, 3.63) is 29.8 Å². The summed E-state index contributed by atoms with van der Waals surface area (Å²) in [7, 11) is -2.37. The molecular weight excluding hydrogens is 212 g/mol. The first-order valence-corrected chi connectivity index (χ1v) is 6.41. The molecule has 0 atom stereocenters. The summed E-state index contributed by atoms with van der Waals surface area (Å²) in [5.41, 5.74) is 0.834. The van der Waals surface area contributed by atoms with E-state index in [-0.39, 0.29) is 0 Å². The third kappa shape index (κ3) is 3.04. The van der Waals surface area contributed by atoms with Gasteiger partial charge in [-0.3, -0.25) is 4.18 Å². The molecule has 84 valence electrons. The predicted molar refractivity (Wildman–Crippen MR) is 59.2 cm³/mol. The van der Waals surface area contributed by atoms with Crippen molar-refractivity contribution in [1.29, 1.82) is 0 Å². The van der Waals surface area contributed by atoms with E-state index in [2.05, 4.69) is 11.1 Å². The molecule has 0 aliphatic heterocycles. The molecule has 0 bridgehead atoms. The van der Waals surface area contributed by atoms with E-state index in [0.717, 1.165) is 24.8 Å². The van der Waals surface area contributed by atoms with E-state index < -0.39 is 10.1 Å². The number of rotatable bonds is 5. The Morgan fingerprint density at radius 3 is 2.53 bits per heavy atom. The van der Waals surface area contributed by atoms with Crippen molar-refractivity contribution in [2.45, 2.75) is 31.1 Å². The molecular formula is C11H16O3S. The Morgan fingerprint density at radius 2 is 1.93 bits per heavy atom. The summed E-state index contributed by atoms with van der Waals surface area (Å²) in [4.78, 5) is 0.293. The lowest BCUT2D eigenvalue weighted by molar-refractivity contribution is 0.397. The zero-order chi connectivity index (χ0) is 11.3. The molecule has 0 spiro atoms. The van der Waals surface area contributed by atoms with Crippen LogP contribution >= 0.6 is 0 Å². The highest BCUT2D eigenvalue weighted by molar-refractivity contribution is 7.86. The molecule has 0 saturated heterocycles. The van der Waals surface area contributed by atoms with E-state index >= 15 is 0 Å². The average molecular weight is 228 g/mol. The minimum absolute atomic E-state index is 0.293. The lowest BCUT2D eigenvalue weighted by Crippen LogP contribution is -2.06. The molecule has 0 aliphatic rings. The predicted octanol–water partition coefficient (Wildman–Crippen LogP) is 2.36. The first kappa shape index (κ1) is 12.2. The van der Waals surface area contributed by atoms with Crippen LogP contribution in [0.3, 0.4) is 0 Å². The SMILES string of the molecule is CCCCc1ccccc1S(=O)(=O)OC. The standard InChI is InChI=1S/C11H16O3S/c1-3-4-7-10-8-5-6-9-11(10)15(12,13)14-2/h5-6,8-9H,3-4,7H2,1-2H3. The van der Waals surface area contributed by atoms with Crippen LogP contribution in [0.25, 0.3) is 0 Å². The van der Waals surface area contributed by atoms with Crippen LogP contribution in [-0.2, 0) is 20.7 Å². The Balaban J connectivity index is 3.07. The van der Waals surface area contributed by atoms with E-state index in [1.165, 1.54) is 7.11 Å². The quantitative estimate of drug-likeness (QED) is 0.727. The highest BCUT2D eigenvalue weighted by Gasteiger charge is 2.16. The second-order valence-corrected chi connectivity index (χ2v) is 5.01. The van der Waals surface area contributed by atoms with Gasteiger partial charge in [0.05, 0.1) is 12.0 Å². The van der Waals surface area contributed by atoms with Crippen molar-refractivity contribution >= 4 is 10.1 Å². The number of hydrogen-bond acceptors (Lipinski definition) is 3. The van der Waals surface area contributed by atoms with Gasteiger partial charge in [0.1, 0.15) is 0 Å². The van der Waals surface area contributed by atoms with Gasteiger partial charge in [-0.1, -0.05) is 31.5 Å². The number of unbranched alkanes of at least 4 members (excludes halogenated alkanes) is 1. The number of benzene rings is 1. The molecule has 1 aromatic carbocycles. The van der Waals surface area contributed by atoms with Gasteiger partial charge < -0.3 is 0 Å². The second kappa shape index (κ2) is 5.28. The van der Waals surface area contributed by atoms with Crippen LogP contribution in [0.5, 0.6) is 0 Å². The van der Waals surface area contributed by atoms with Crippen LogP contribution < -0.4 is 0 Å². The second-order valence-electron chi connectivity index (χ2n) is 3.33. The zero-order valence-electron chi connectivity index (χ0n) is 9.06. The van der Waals surface area contributed by atoms with Gasteiger partial charge in [0, 0.05) is 0 Å². The Morgan fingerprint density at radius 1 is 1.27 bits per heavy atom. The summed E-state index contributed by atoms with van der Waals surface area (Å²) in [5.74, 6) is 0. The molecule has 0 radical (unpaired) electrons. The summed E-state index contributed by atoms with van der Waals surface area (Å²) < 4.78 is 27.6. The van der Waals surface area contributed by atoms with Gasteiger partial charge in [0.15, 0.2) is 0 Å². The molecule has 0 aliphatic carbocycles. The Bertz CT molecular complexity index is 410. The first-order chi connectivity index (χ1) is 7.11. The van der Waals surface area contributed by atoms with Crippen molar-refractivity contribution in [1.82, 2.24) is 0 Å². The molecule has 0 aromatic heterocycles. The monoisotopic (exact) mass is 228 g/mol. The van der Waals surface area contributed by atoms with E-state index in [1.54, 1.807) is 12.1 Å². The van der Waals surface area contributed by atoms with Gasteiger partial charge in [-0.05, 0) is 24.5 Å². The van der Waals surface area contributed by atoms with Gasteiger partial charge in [-0.25, -0.2) is 0 Å². The molecule has 0 amide bonds. The van der Waals surface area contributed by atoms with E-state index in [9.17, 15) is 8.42 Å². The topological polar surface area (TPSA) is 43.4 Å². The molecule has 4 heteroatoms. The summed E-state index contributed by atoms with van der Waals surface area (Å²) >= 11 is 0. The molecule has 3 nitrogen and oxygen atoms in total. The smallest absolute Gasteiger partial charge is 0.270 e. The van der Waals surface area contributed by atoms with Crippen molar-refractivity contribution in [3.8, 4) is 0 Å². The molecule has 1 aromatic rings. The summed E-state index contributed by atoms with van der Waals surface area (Å²) in [6.07, 6.45) is 2.80. The van der Waals surface area contributed by atoms with Gasteiger partial charge >= 0.3 is 0 Å². The number of hydrogen-bond donors (Lipinski definition) is 0. The normalized spacial score (nSPS) is 11.6. The molecule has 0 saturated carbocycles. The highest BCUT2D eigenvalue weighted by atomic mass is 32.2. The fraction of sp³-hybridized carbons (Fsp3) is 0.455. The third-order valence-electron chi connectivity index (χ3n) is 2.26. The first-order valence-electron chi connectivity index (χ1n) is 5.00. The van der Waals surface area contributed by atoms with Crippen LogP contribution in [-0.4, -0.2) is 15.5 Å². The van der Waals surface area contributed by atoms with E-state index in [0.29, 0.717) is 4.90 Å². The molecule has 0 unspecified atom stereocenters. The Labute approximate surface area is 91.2 Å². The molecule has 0 fully saturated rings. The fourth-order valence-corrected chi connectivity index (χ4v) is 2.33. The Hall–Kier alpha value is -0.870. The third-order valence-corrected chi connectivity index (χ3v) is 3.64. The van der Waals surface area contributed by atoms with Crippen LogP contribution in [0, 0.1) is 0 Å². The fourth-order valence-electron chi connectivity index (χ4n) is 1.41. The number of aryl methyl sites for hydroxylation is 1. The maximum absolute atomic E-state index is 11.6. The van der Waals surface area contributed by atoms with Gasteiger partial charge in [-0.2, -0.15) is 8.42 Å². The maximum atomic E-state index is 11.6. The van der Waals surface area contributed by atoms with Gasteiger partial charge in [0.2, 0.25) is 0 Å². The minimum atomic E-state index is -3.56. The molecule has 15 heavy (non-hydrogen) atoms. The zero-order valence-corrected chi connectivity index (χ0v) is 9.88. The van der Waals surface area contributed by atoms with Crippen LogP contribution in [0.1, 0.15) is 25.3 Å². The van der Waals surface area contributed by atoms with Crippen molar-refractivity contribution in [3.63, 3.8) is 0 Å². The lowest BCUT2D eigenvalue weighted by Gasteiger charge is -2.07. The molecule has 1 rings (SSSR count). The summed E-state index contributed by atoms with van der Waals surface area (Å²) in [6.45, 7) is 2.08. The molecule has 0 heterocycles. The van der Waals surface area contributed by atoms with E-state index in [1.807, 2.05) is 12.1 Å². The molecule has 0 N–H and O–H groups in total. The maximum Gasteiger partial charge on any atom is 0.296 e. The average Bonchev–Trinajstić information content (AvgIpc) is 2.26. The van der Waals surface area contributed by atoms with Crippen LogP contribution in [0.15, 0.2) is 29.2 Å². The summed E-state index contributed by atoms with van der Waals surface area (Å²) in [6, 6.07) is 6.98. The largest absolute Gasteiger partial charge is 0.296 e. The van der Waals surface area contributed by atoms with E-state index in [4.69, 9.17) is 0 Å². The minimum Gasteiger partial charge on any atom is -0.270 e. The van der Waals surface area contributed by atoms with Crippen LogP contribution in [0.4, 0.5) is 0 Å². The van der Waals surface area contributed by atoms with Crippen molar-refractivity contribution < 1.29 is 12.6 Å². The highest BCUT2D eigenvalue weighted by Crippen LogP contribution is 2.19. The van der Waals surface area contributed by atoms with Gasteiger partial charge in [-0.15, -0.1) is 0 Å².